The Morgan fingerprint density at radius 1 is 0.259 bits per heavy atom. The molecule has 0 aromatic rings. The maximum atomic E-state index is 12.9. The van der Waals surface area contributed by atoms with Crippen molar-refractivity contribution in [2.24, 2.45) is 0 Å². The molecule has 0 radical (unpaired) electrons. The minimum absolute atomic E-state index is 0.0762. The first-order chi connectivity index (χ1) is 40.0. The molecule has 0 bridgehead atoms. The highest BCUT2D eigenvalue weighted by Gasteiger charge is 2.19. The molecule has 0 rings (SSSR count). The van der Waals surface area contributed by atoms with Gasteiger partial charge in [-0.1, -0.05) is 316 Å². The molecule has 0 aliphatic rings. The zero-order valence-electron chi connectivity index (χ0n) is 53.3. The minimum Gasteiger partial charge on any atom is -0.462 e. The summed E-state index contributed by atoms with van der Waals surface area (Å²) >= 11 is 0. The SMILES string of the molecule is CC/C=C\C/C=C\C/C=C\C/C=C\C/C=C\CCCCCCCCCCCCCCCCCC(=O)OCC(COC(=O)CCCCCCCCCCC)OC(=O)CCCCCCCCCCCC/C=C\C/C=C\C/C=C\C/C=C\CC. The second-order valence-corrected chi connectivity index (χ2v) is 22.7. The Morgan fingerprint density at radius 3 is 0.753 bits per heavy atom. The standard InChI is InChI=1S/C75H128O6/c1-4-7-10-13-16-19-21-23-25-27-29-31-33-34-35-36-37-38-39-40-42-43-45-47-49-51-53-56-59-62-65-68-74(77)80-71-72(70-79-73(76)67-64-61-58-55-18-15-12-9-6-3)81-75(78)69-66-63-60-57-54-52-50-48-46-44-41-32-30-28-26-24-22-20-17-14-11-8-5-2/h7-8,10-11,16-17,19-20,23-26,29-32,34-35,72H,4-6,9,12-15,18,21-22,27-28,33,36-71H2,1-3H3/b10-7-,11-8-,19-16-,20-17-,25-23-,26-24-,31-29-,32-30-,35-34-. The molecule has 81 heavy (non-hydrogen) atoms. The van der Waals surface area contributed by atoms with Gasteiger partial charge in [-0.2, -0.15) is 0 Å². The fraction of sp³-hybridized carbons (Fsp3) is 0.720. The second kappa shape index (κ2) is 68.6. The summed E-state index contributed by atoms with van der Waals surface area (Å²) in [4.78, 5) is 38.3. The molecule has 0 fully saturated rings. The van der Waals surface area contributed by atoms with Gasteiger partial charge in [-0.3, -0.25) is 14.4 Å². The predicted molar refractivity (Wildman–Crippen MR) is 353 cm³/mol. The van der Waals surface area contributed by atoms with Crippen molar-refractivity contribution in [1.82, 2.24) is 0 Å². The van der Waals surface area contributed by atoms with E-state index in [2.05, 4.69) is 130 Å². The third-order valence-corrected chi connectivity index (χ3v) is 14.8. The number of carbonyl (C=O) groups is 3. The molecule has 0 aromatic carbocycles. The lowest BCUT2D eigenvalue weighted by molar-refractivity contribution is -0.167. The van der Waals surface area contributed by atoms with E-state index >= 15 is 0 Å². The van der Waals surface area contributed by atoms with Crippen molar-refractivity contribution in [1.29, 1.82) is 0 Å². The van der Waals surface area contributed by atoms with Crippen molar-refractivity contribution < 1.29 is 28.6 Å². The van der Waals surface area contributed by atoms with Crippen LogP contribution >= 0.6 is 0 Å². The Labute approximate surface area is 501 Å². The summed E-state index contributed by atoms with van der Waals surface area (Å²) in [6, 6.07) is 0. The molecular formula is C75H128O6. The van der Waals surface area contributed by atoms with Crippen LogP contribution in [0.1, 0.15) is 329 Å². The molecular weight excluding hydrogens is 997 g/mol. The van der Waals surface area contributed by atoms with Gasteiger partial charge in [0.2, 0.25) is 0 Å². The van der Waals surface area contributed by atoms with Crippen LogP contribution in [0.4, 0.5) is 0 Å². The van der Waals surface area contributed by atoms with E-state index in [4.69, 9.17) is 14.2 Å². The van der Waals surface area contributed by atoms with Gasteiger partial charge >= 0.3 is 17.9 Å². The highest BCUT2D eigenvalue weighted by molar-refractivity contribution is 5.71. The summed E-state index contributed by atoms with van der Waals surface area (Å²) in [5.41, 5.74) is 0. The Hall–Kier alpha value is -3.93. The van der Waals surface area contributed by atoms with Crippen LogP contribution in [0.3, 0.4) is 0 Å². The van der Waals surface area contributed by atoms with Gasteiger partial charge in [0, 0.05) is 19.3 Å². The molecule has 0 N–H and O–H groups in total. The van der Waals surface area contributed by atoms with Gasteiger partial charge in [0.05, 0.1) is 0 Å². The third kappa shape index (κ3) is 66.8. The number of hydrogen-bond donors (Lipinski definition) is 0. The van der Waals surface area contributed by atoms with Crippen LogP contribution in [-0.4, -0.2) is 37.2 Å². The van der Waals surface area contributed by atoms with Gasteiger partial charge in [0.15, 0.2) is 6.10 Å². The first-order valence-corrected chi connectivity index (χ1v) is 34.4. The molecule has 0 saturated carbocycles. The van der Waals surface area contributed by atoms with Gasteiger partial charge in [-0.25, -0.2) is 0 Å². The van der Waals surface area contributed by atoms with E-state index in [0.717, 1.165) is 116 Å². The molecule has 0 saturated heterocycles. The van der Waals surface area contributed by atoms with E-state index < -0.39 is 6.10 Å². The smallest absolute Gasteiger partial charge is 0.306 e. The van der Waals surface area contributed by atoms with Crippen molar-refractivity contribution in [2.75, 3.05) is 13.2 Å². The number of rotatable bonds is 62. The fourth-order valence-electron chi connectivity index (χ4n) is 9.70. The molecule has 0 heterocycles. The molecule has 464 valence electrons. The zero-order valence-corrected chi connectivity index (χ0v) is 53.3. The lowest BCUT2D eigenvalue weighted by Gasteiger charge is -2.18. The predicted octanol–water partition coefficient (Wildman–Crippen LogP) is 23.8. The Balaban J connectivity index is 4.15. The van der Waals surface area contributed by atoms with Gasteiger partial charge in [-0.15, -0.1) is 0 Å². The average molecular weight is 1130 g/mol. The first-order valence-electron chi connectivity index (χ1n) is 34.4. The number of hydrogen-bond acceptors (Lipinski definition) is 6. The van der Waals surface area contributed by atoms with E-state index in [1.54, 1.807) is 0 Å². The summed E-state index contributed by atoms with van der Waals surface area (Å²) in [5.74, 6) is -0.871. The quantitative estimate of drug-likeness (QED) is 0.0261. The Morgan fingerprint density at radius 2 is 0.481 bits per heavy atom. The maximum absolute atomic E-state index is 12.9. The van der Waals surface area contributed by atoms with E-state index in [-0.39, 0.29) is 31.1 Å². The van der Waals surface area contributed by atoms with Crippen LogP contribution in [0.5, 0.6) is 0 Å². The van der Waals surface area contributed by atoms with Crippen LogP contribution in [0.2, 0.25) is 0 Å². The third-order valence-electron chi connectivity index (χ3n) is 14.8. The van der Waals surface area contributed by atoms with Crippen LogP contribution in [0, 0.1) is 0 Å². The molecule has 0 spiro atoms. The summed E-state index contributed by atoms with van der Waals surface area (Å²) in [6.45, 7) is 6.42. The molecule has 6 nitrogen and oxygen atoms in total. The molecule has 1 unspecified atom stereocenters. The molecule has 0 amide bonds. The van der Waals surface area contributed by atoms with Gasteiger partial charge in [0.25, 0.3) is 0 Å². The number of ether oxygens (including phenoxy) is 3. The largest absolute Gasteiger partial charge is 0.462 e. The van der Waals surface area contributed by atoms with Crippen LogP contribution in [0.15, 0.2) is 109 Å². The molecule has 0 aromatic heterocycles. The number of unbranched alkanes of at least 4 members (excludes halogenated alkanes) is 33. The number of carbonyl (C=O) groups excluding carboxylic acids is 3. The van der Waals surface area contributed by atoms with Gasteiger partial charge in [0.1, 0.15) is 13.2 Å². The Bertz CT molecular complexity index is 1620. The van der Waals surface area contributed by atoms with Crippen LogP contribution in [-0.2, 0) is 28.6 Å². The molecule has 1 atom stereocenters. The molecule has 0 aliphatic heterocycles. The van der Waals surface area contributed by atoms with E-state index in [1.165, 1.54) is 173 Å². The number of esters is 3. The van der Waals surface area contributed by atoms with E-state index in [1.807, 2.05) is 0 Å². The lowest BCUT2D eigenvalue weighted by Crippen LogP contribution is -2.30. The van der Waals surface area contributed by atoms with Crippen LogP contribution < -0.4 is 0 Å². The monoisotopic (exact) mass is 1120 g/mol. The van der Waals surface area contributed by atoms with Crippen molar-refractivity contribution in [3.8, 4) is 0 Å². The number of allylic oxidation sites excluding steroid dienone is 18. The maximum Gasteiger partial charge on any atom is 0.306 e. The summed E-state index contributed by atoms with van der Waals surface area (Å²) in [6.07, 6.45) is 94.1. The summed E-state index contributed by atoms with van der Waals surface area (Å²) in [7, 11) is 0. The van der Waals surface area contributed by atoms with Crippen molar-refractivity contribution >= 4 is 17.9 Å². The lowest BCUT2D eigenvalue weighted by atomic mass is 10.0. The zero-order chi connectivity index (χ0) is 58.5. The van der Waals surface area contributed by atoms with Gasteiger partial charge in [-0.05, 0) is 103 Å². The summed E-state index contributed by atoms with van der Waals surface area (Å²) in [5, 5.41) is 0. The topological polar surface area (TPSA) is 78.9 Å². The van der Waals surface area contributed by atoms with Gasteiger partial charge < -0.3 is 14.2 Å². The average Bonchev–Trinajstić information content (AvgIpc) is 3.47. The first kappa shape index (κ1) is 77.1. The van der Waals surface area contributed by atoms with Crippen molar-refractivity contribution in [3.05, 3.63) is 109 Å². The molecule has 0 aliphatic carbocycles. The van der Waals surface area contributed by atoms with Crippen LogP contribution in [0.25, 0.3) is 0 Å². The minimum atomic E-state index is -0.779. The van der Waals surface area contributed by atoms with Crippen molar-refractivity contribution in [2.45, 2.75) is 335 Å². The van der Waals surface area contributed by atoms with Crippen molar-refractivity contribution in [3.63, 3.8) is 0 Å². The normalized spacial score (nSPS) is 12.8. The Kier molecular flexibility index (Phi) is 65.2. The highest BCUT2D eigenvalue weighted by atomic mass is 16.6. The summed E-state index contributed by atoms with van der Waals surface area (Å²) < 4.78 is 16.9. The molecule has 6 heteroatoms. The second-order valence-electron chi connectivity index (χ2n) is 22.7. The highest BCUT2D eigenvalue weighted by Crippen LogP contribution is 2.17. The van der Waals surface area contributed by atoms with E-state index in [0.29, 0.717) is 19.3 Å². The fourth-order valence-corrected chi connectivity index (χ4v) is 9.70. The van der Waals surface area contributed by atoms with E-state index in [9.17, 15) is 14.4 Å².